The molecule has 0 N–H and O–H groups in total. The van der Waals surface area contributed by atoms with Crippen molar-refractivity contribution in [3.8, 4) is 0 Å². The molecule has 8 heteroatoms. The van der Waals surface area contributed by atoms with Crippen molar-refractivity contribution in [2.75, 3.05) is 49.1 Å². The fraction of sp³-hybridized carbons (Fsp3) is 0.333. The molecular weight excluding hydrogens is 512 g/mol. The summed E-state index contributed by atoms with van der Waals surface area (Å²) >= 11 is 0. The van der Waals surface area contributed by atoms with Gasteiger partial charge < -0.3 is 9.80 Å². The average Bonchev–Trinajstić information content (AvgIpc) is 3.03. The van der Waals surface area contributed by atoms with Crippen LogP contribution in [-0.2, 0) is 6.42 Å². The second kappa shape index (κ2) is 12.5. The van der Waals surface area contributed by atoms with Crippen LogP contribution < -0.4 is 9.80 Å². The molecule has 0 spiro atoms. The summed E-state index contributed by atoms with van der Waals surface area (Å²) in [5.74, 6) is 1.46. The number of nitrogens with zero attached hydrogens (tertiary/aromatic N) is 6. The van der Waals surface area contributed by atoms with Gasteiger partial charge in [0.15, 0.2) is 0 Å². The number of hydrogen-bond donors (Lipinski definition) is 0. The summed E-state index contributed by atoms with van der Waals surface area (Å²) in [6.07, 6.45) is 4.52. The third kappa shape index (κ3) is 6.07. The van der Waals surface area contributed by atoms with Crippen LogP contribution in [0.3, 0.4) is 0 Å². The van der Waals surface area contributed by atoms with E-state index in [0.717, 1.165) is 45.4 Å². The first-order valence-corrected chi connectivity index (χ1v) is 14.5. The minimum atomic E-state index is -0.288. The van der Waals surface area contributed by atoms with E-state index >= 15 is 0 Å². The molecule has 2 aliphatic heterocycles. The molecule has 1 aromatic heterocycles. The van der Waals surface area contributed by atoms with E-state index in [1.54, 1.807) is 0 Å². The molecule has 8 nitrogen and oxygen atoms in total. The van der Waals surface area contributed by atoms with Gasteiger partial charge in [0.1, 0.15) is 6.33 Å². The third-order valence-electron chi connectivity index (χ3n) is 8.46. The number of hydrogen-bond acceptors (Lipinski definition) is 7. The quantitative estimate of drug-likeness (QED) is 0.205. The zero-order valence-electron chi connectivity index (χ0n) is 23.3. The van der Waals surface area contributed by atoms with E-state index in [2.05, 4.69) is 97.5 Å². The molecule has 0 saturated carbocycles. The Bertz CT molecular complexity index is 1380. The van der Waals surface area contributed by atoms with Crippen molar-refractivity contribution in [2.24, 2.45) is 5.92 Å². The van der Waals surface area contributed by atoms with Gasteiger partial charge in [-0.05, 0) is 41.9 Å². The molecule has 2 fully saturated rings. The molecule has 41 heavy (non-hydrogen) atoms. The highest BCUT2D eigenvalue weighted by Crippen LogP contribution is 2.37. The molecular formula is C33H36N6O2. The van der Waals surface area contributed by atoms with Crippen LogP contribution in [0.2, 0.25) is 0 Å². The van der Waals surface area contributed by atoms with E-state index in [-0.39, 0.29) is 16.7 Å². The van der Waals surface area contributed by atoms with Crippen molar-refractivity contribution < 1.29 is 4.92 Å². The van der Waals surface area contributed by atoms with Crippen LogP contribution in [0.25, 0.3) is 0 Å². The zero-order chi connectivity index (χ0) is 28.0. The molecule has 6 rings (SSSR count). The summed E-state index contributed by atoms with van der Waals surface area (Å²) in [5, 5.41) is 12.4. The Kier molecular flexibility index (Phi) is 8.18. The standard InChI is InChI=1S/C33H36N6O2/c40-39(41)31-32(37-18-16-27(17-19-37)24-26-10-4-1-5-11-26)34-25-35-33(31)38-22-20-36(21-23-38)30(28-12-6-2-7-13-28)29-14-8-3-9-15-29/h1-15,25,27,30H,16-24H2. The molecule has 210 valence electrons. The minimum Gasteiger partial charge on any atom is -0.351 e. The van der Waals surface area contributed by atoms with Crippen molar-refractivity contribution >= 4 is 17.3 Å². The van der Waals surface area contributed by atoms with E-state index in [4.69, 9.17) is 0 Å². The van der Waals surface area contributed by atoms with Gasteiger partial charge in [-0.1, -0.05) is 91.0 Å². The van der Waals surface area contributed by atoms with Crippen LogP contribution in [0.1, 0.15) is 35.6 Å². The monoisotopic (exact) mass is 548 g/mol. The molecule has 3 aromatic carbocycles. The Balaban J connectivity index is 1.17. The van der Waals surface area contributed by atoms with E-state index in [9.17, 15) is 10.1 Å². The largest absolute Gasteiger partial charge is 0.353 e. The Hall–Kier alpha value is -4.30. The maximum atomic E-state index is 12.4. The fourth-order valence-electron chi connectivity index (χ4n) is 6.36. The second-order valence-electron chi connectivity index (χ2n) is 11.0. The molecule has 0 amide bonds. The van der Waals surface area contributed by atoms with Crippen molar-refractivity contribution in [1.82, 2.24) is 14.9 Å². The lowest BCUT2D eigenvalue weighted by Crippen LogP contribution is -2.48. The first-order valence-electron chi connectivity index (χ1n) is 14.5. The number of nitro groups is 1. The minimum absolute atomic E-state index is 0.0325. The Labute approximate surface area is 241 Å². The molecule has 4 aromatic rings. The van der Waals surface area contributed by atoms with E-state index < -0.39 is 0 Å². The van der Waals surface area contributed by atoms with Crippen LogP contribution in [0.5, 0.6) is 0 Å². The van der Waals surface area contributed by atoms with Crippen molar-refractivity contribution in [3.05, 3.63) is 124 Å². The topological polar surface area (TPSA) is 78.6 Å². The molecule has 0 aliphatic carbocycles. The summed E-state index contributed by atoms with van der Waals surface area (Å²) in [7, 11) is 0. The Morgan fingerprint density at radius 2 is 1.20 bits per heavy atom. The maximum absolute atomic E-state index is 12.4. The number of rotatable bonds is 8. The second-order valence-corrected chi connectivity index (χ2v) is 11.0. The van der Waals surface area contributed by atoms with Gasteiger partial charge in [0.2, 0.25) is 11.6 Å². The molecule has 2 aliphatic rings. The summed E-state index contributed by atoms with van der Waals surface area (Å²) in [6, 6.07) is 31.8. The van der Waals surface area contributed by atoms with Gasteiger partial charge in [0.25, 0.3) is 0 Å². The van der Waals surface area contributed by atoms with Gasteiger partial charge in [-0.15, -0.1) is 0 Å². The maximum Gasteiger partial charge on any atom is 0.353 e. The van der Waals surface area contributed by atoms with Crippen LogP contribution in [-0.4, -0.2) is 59.1 Å². The van der Waals surface area contributed by atoms with Crippen LogP contribution in [0, 0.1) is 16.0 Å². The lowest BCUT2D eigenvalue weighted by Gasteiger charge is -2.40. The predicted molar refractivity (Wildman–Crippen MR) is 162 cm³/mol. The van der Waals surface area contributed by atoms with Gasteiger partial charge in [0.05, 0.1) is 11.0 Å². The molecule has 0 radical (unpaired) electrons. The number of piperidine rings is 1. The van der Waals surface area contributed by atoms with Crippen molar-refractivity contribution in [3.63, 3.8) is 0 Å². The molecule has 0 bridgehead atoms. The number of anilines is 2. The first-order chi connectivity index (χ1) is 20.2. The number of aromatic nitrogens is 2. The molecule has 0 unspecified atom stereocenters. The van der Waals surface area contributed by atoms with Gasteiger partial charge in [-0.25, -0.2) is 9.97 Å². The zero-order valence-corrected chi connectivity index (χ0v) is 23.3. The van der Waals surface area contributed by atoms with E-state index in [1.807, 2.05) is 18.2 Å². The number of benzene rings is 3. The molecule has 2 saturated heterocycles. The highest BCUT2D eigenvalue weighted by molar-refractivity contribution is 5.71. The van der Waals surface area contributed by atoms with Crippen molar-refractivity contribution in [1.29, 1.82) is 0 Å². The van der Waals surface area contributed by atoms with Crippen molar-refractivity contribution in [2.45, 2.75) is 25.3 Å². The lowest BCUT2D eigenvalue weighted by molar-refractivity contribution is -0.383. The van der Waals surface area contributed by atoms with Crippen LogP contribution in [0.4, 0.5) is 17.3 Å². The van der Waals surface area contributed by atoms with Gasteiger partial charge in [-0.3, -0.25) is 15.0 Å². The molecule has 3 heterocycles. The average molecular weight is 549 g/mol. The highest BCUT2D eigenvalue weighted by Gasteiger charge is 2.34. The lowest BCUT2D eigenvalue weighted by atomic mass is 9.90. The van der Waals surface area contributed by atoms with E-state index in [1.165, 1.54) is 23.0 Å². The summed E-state index contributed by atoms with van der Waals surface area (Å²) in [4.78, 5) is 27.7. The fourth-order valence-corrected chi connectivity index (χ4v) is 6.36. The van der Waals surface area contributed by atoms with E-state index in [0.29, 0.717) is 30.6 Å². The van der Waals surface area contributed by atoms with Crippen LogP contribution in [0.15, 0.2) is 97.3 Å². The Morgan fingerprint density at radius 3 is 1.71 bits per heavy atom. The Morgan fingerprint density at radius 1 is 0.707 bits per heavy atom. The smallest absolute Gasteiger partial charge is 0.351 e. The van der Waals surface area contributed by atoms with Gasteiger partial charge in [0, 0.05) is 39.3 Å². The SMILES string of the molecule is O=[N+]([O-])c1c(N2CCC(Cc3ccccc3)CC2)ncnc1N1CCN(C(c2ccccc2)c2ccccc2)CC1. The summed E-state index contributed by atoms with van der Waals surface area (Å²) in [5.41, 5.74) is 3.88. The molecule has 0 atom stereocenters. The van der Waals surface area contributed by atoms with Gasteiger partial charge in [-0.2, -0.15) is 0 Å². The summed E-state index contributed by atoms with van der Waals surface area (Å²) < 4.78 is 0. The number of piperazine rings is 1. The predicted octanol–water partition coefficient (Wildman–Crippen LogP) is 5.76. The normalized spacial score (nSPS) is 16.7. The van der Waals surface area contributed by atoms with Gasteiger partial charge >= 0.3 is 5.69 Å². The summed E-state index contributed by atoms with van der Waals surface area (Å²) in [6.45, 7) is 4.39. The first kappa shape index (κ1) is 26.9. The third-order valence-corrected chi connectivity index (χ3v) is 8.46. The highest BCUT2D eigenvalue weighted by atomic mass is 16.6. The van der Waals surface area contributed by atoms with Crippen LogP contribution >= 0.6 is 0 Å².